The predicted molar refractivity (Wildman–Crippen MR) is 50.1 cm³/mol. The van der Waals surface area contributed by atoms with Gasteiger partial charge in [-0.1, -0.05) is 12.1 Å². The third-order valence-electron chi connectivity index (χ3n) is 1.74. The van der Waals surface area contributed by atoms with E-state index in [9.17, 15) is 9.18 Å². The lowest BCUT2D eigenvalue weighted by atomic mass is 10.2. The Morgan fingerprint density at radius 3 is 2.64 bits per heavy atom. The first-order chi connectivity index (χ1) is 6.72. The number of esters is 1. The highest BCUT2D eigenvalue weighted by Gasteiger charge is 1.98. The minimum Gasteiger partial charge on any atom is -0.468 e. The number of carbonyl (C=O) groups is 1. The van der Waals surface area contributed by atoms with Crippen LogP contribution in [0.25, 0.3) is 0 Å². The molecule has 0 amide bonds. The molecule has 1 aromatic carbocycles. The van der Waals surface area contributed by atoms with Crippen molar-refractivity contribution in [3.63, 3.8) is 0 Å². The number of carbonyl (C=O) groups excluding carboxylic acids is 1. The van der Waals surface area contributed by atoms with Gasteiger partial charge >= 0.3 is 5.97 Å². The highest BCUT2D eigenvalue weighted by atomic mass is 19.1. The van der Waals surface area contributed by atoms with Gasteiger partial charge in [0.1, 0.15) is 5.82 Å². The van der Waals surface area contributed by atoms with E-state index in [1.54, 1.807) is 12.1 Å². The van der Waals surface area contributed by atoms with Gasteiger partial charge in [-0.15, -0.1) is 0 Å². The highest BCUT2D eigenvalue weighted by Crippen LogP contribution is 2.01. The van der Waals surface area contributed by atoms with Crippen molar-refractivity contribution in [1.29, 1.82) is 0 Å². The Labute approximate surface area is 81.9 Å². The third-order valence-corrected chi connectivity index (χ3v) is 1.74. The molecule has 0 saturated heterocycles. The molecule has 14 heavy (non-hydrogen) atoms. The molecule has 0 radical (unpaired) electrons. The summed E-state index contributed by atoms with van der Waals surface area (Å²) in [5.74, 6) is -0.575. The van der Waals surface area contributed by atoms with Crippen LogP contribution in [0.2, 0.25) is 0 Å². The number of methoxy groups -OCH3 is 1. The van der Waals surface area contributed by atoms with Crippen LogP contribution in [-0.4, -0.2) is 19.6 Å². The van der Waals surface area contributed by atoms with Crippen LogP contribution in [0, 0.1) is 5.82 Å². The third kappa shape index (κ3) is 3.53. The zero-order chi connectivity index (χ0) is 10.4. The Kier molecular flexibility index (Phi) is 4.07. The number of ether oxygens (including phenoxy) is 1. The minimum atomic E-state index is -0.313. The first-order valence-electron chi connectivity index (χ1n) is 4.24. The largest absolute Gasteiger partial charge is 0.468 e. The minimum absolute atomic E-state index is 0.161. The molecule has 0 aliphatic rings. The van der Waals surface area contributed by atoms with Crippen LogP contribution in [-0.2, 0) is 16.1 Å². The summed E-state index contributed by atoms with van der Waals surface area (Å²) in [6, 6.07) is 6.10. The fourth-order valence-corrected chi connectivity index (χ4v) is 0.983. The van der Waals surface area contributed by atoms with Crippen LogP contribution in [0.15, 0.2) is 24.3 Å². The molecule has 0 atom stereocenters. The fraction of sp³-hybridized carbons (Fsp3) is 0.300. The molecule has 0 aromatic heterocycles. The van der Waals surface area contributed by atoms with Crippen molar-refractivity contribution in [3.8, 4) is 0 Å². The standard InChI is InChI=1S/C10H12FNO2/c1-14-10(13)7-12-6-8-2-4-9(11)5-3-8/h2-5,12H,6-7H2,1H3. The second-order valence-corrected chi connectivity index (χ2v) is 2.81. The maximum Gasteiger partial charge on any atom is 0.319 e. The van der Waals surface area contributed by atoms with Crippen molar-refractivity contribution in [2.24, 2.45) is 0 Å². The van der Waals surface area contributed by atoms with Gasteiger partial charge in [-0.3, -0.25) is 4.79 Å². The van der Waals surface area contributed by atoms with Crippen LogP contribution < -0.4 is 5.32 Å². The highest BCUT2D eigenvalue weighted by molar-refractivity contribution is 5.71. The van der Waals surface area contributed by atoms with Crippen molar-refractivity contribution in [2.75, 3.05) is 13.7 Å². The molecule has 1 N–H and O–H groups in total. The topological polar surface area (TPSA) is 38.3 Å². The number of nitrogens with one attached hydrogen (secondary N) is 1. The fourth-order valence-electron chi connectivity index (χ4n) is 0.983. The maximum atomic E-state index is 12.5. The van der Waals surface area contributed by atoms with E-state index in [1.165, 1.54) is 19.2 Å². The molecule has 0 fully saturated rings. The summed E-state index contributed by atoms with van der Waals surface area (Å²) in [6.07, 6.45) is 0. The smallest absolute Gasteiger partial charge is 0.319 e. The van der Waals surface area contributed by atoms with Crippen molar-refractivity contribution in [1.82, 2.24) is 5.32 Å². The molecule has 0 bridgehead atoms. The van der Waals surface area contributed by atoms with Gasteiger partial charge in [0.25, 0.3) is 0 Å². The number of halogens is 1. The first kappa shape index (κ1) is 10.7. The normalized spacial score (nSPS) is 9.86. The quantitative estimate of drug-likeness (QED) is 0.734. The van der Waals surface area contributed by atoms with Gasteiger partial charge in [-0.2, -0.15) is 0 Å². The number of hydrogen-bond acceptors (Lipinski definition) is 3. The number of benzene rings is 1. The van der Waals surface area contributed by atoms with E-state index in [0.717, 1.165) is 5.56 Å². The summed E-state index contributed by atoms with van der Waals surface area (Å²) in [4.78, 5) is 10.7. The molecular weight excluding hydrogens is 185 g/mol. The van der Waals surface area contributed by atoms with Crippen LogP contribution in [0.4, 0.5) is 4.39 Å². The summed E-state index contributed by atoms with van der Waals surface area (Å²) in [5.41, 5.74) is 0.926. The van der Waals surface area contributed by atoms with Crippen molar-refractivity contribution in [3.05, 3.63) is 35.6 Å². The molecule has 3 nitrogen and oxygen atoms in total. The Morgan fingerprint density at radius 1 is 1.43 bits per heavy atom. The molecular formula is C10H12FNO2. The molecule has 76 valence electrons. The Morgan fingerprint density at radius 2 is 2.07 bits per heavy atom. The van der Waals surface area contributed by atoms with E-state index in [-0.39, 0.29) is 18.3 Å². The van der Waals surface area contributed by atoms with Crippen LogP contribution in [0.1, 0.15) is 5.56 Å². The van der Waals surface area contributed by atoms with E-state index in [2.05, 4.69) is 10.1 Å². The molecule has 0 saturated carbocycles. The van der Waals surface area contributed by atoms with Crippen LogP contribution in [0.3, 0.4) is 0 Å². The van der Waals surface area contributed by atoms with E-state index >= 15 is 0 Å². The molecule has 1 rings (SSSR count). The molecule has 0 aliphatic heterocycles. The van der Waals surface area contributed by atoms with E-state index < -0.39 is 0 Å². The molecule has 4 heteroatoms. The lowest BCUT2D eigenvalue weighted by molar-refractivity contribution is -0.139. The van der Waals surface area contributed by atoms with E-state index in [1.807, 2.05) is 0 Å². The lowest BCUT2D eigenvalue weighted by Gasteiger charge is -2.03. The zero-order valence-electron chi connectivity index (χ0n) is 7.92. The SMILES string of the molecule is COC(=O)CNCc1ccc(F)cc1. The zero-order valence-corrected chi connectivity index (χ0v) is 7.92. The van der Waals surface area contributed by atoms with Gasteiger partial charge in [0.15, 0.2) is 0 Å². The Bertz CT molecular complexity index is 297. The first-order valence-corrected chi connectivity index (χ1v) is 4.24. The van der Waals surface area contributed by atoms with Crippen LogP contribution >= 0.6 is 0 Å². The summed E-state index contributed by atoms with van der Waals surface area (Å²) in [5, 5.41) is 2.87. The monoisotopic (exact) mass is 197 g/mol. The van der Waals surface area contributed by atoms with Gasteiger partial charge in [-0.05, 0) is 17.7 Å². The summed E-state index contributed by atoms with van der Waals surface area (Å²) in [7, 11) is 1.34. The molecule has 0 aliphatic carbocycles. The van der Waals surface area contributed by atoms with Gasteiger partial charge in [0.2, 0.25) is 0 Å². The second kappa shape index (κ2) is 5.34. The molecule has 0 heterocycles. The van der Waals surface area contributed by atoms with Gasteiger partial charge in [-0.25, -0.2) is 4.39 Å². The van der Waals surface area contributed by atoms with E-state index in [4.69, 9.17) is 0 Å². The molecule has 0 spiro atoms. The summed E-state index contributed by atoms with van der Waals surface area (Å²) >= 11 is 0. The van der Waals surface area contributed by atoms with E-state index in [0.29, 0.717) is 6.54 Å². The molecule has 1 aromatic rings. The predicted octanol–water partition coefficient (Wildman–Crippen LogP) is 1.09. The van der Waals surface area contributed by atoms with Gasteiger partial charge in [0, 0.05) is 6.54 Å². The Hall–Kier alpha value is -1.42. The van der Waals surface area contributed by atoms with Crippen LogP contribution in [0.5, 0.6) is 0 Å². The van der Waals surface area contributed by atoms with Crippen molar-refractivity contribution < 1.29 is 13.9 Å². The Balaban J connectivity index is 2.31. The summed E-state index contributed by atoms with van der Waals surface area (Å²) < 4.78 is 16.9. The number of rotatable bonds is 4. The average Bonchev–Trinajstić information content (AvgIpc) is 2.21. The number of hydrogen-bond donors (Lipinski definition) is 1. The van der Waals surface area contributed by atoms with Crippen molar-refractivity contribution in [2.45, 2.75) is 6.54 Å². The maximum absolute atomic E-state index is 12.5. The molecule has 0 unspecified atom stereocenters. The summed E-state index contributed by atoms with van der Waals surface area (Å²) in [6.45, 7) is 0.684. The lowest BCUT2D eigenvalue weighted by Crippen LogP contribution is -2.23. The van der Waals surface area contributed by atoms with Crippen molar-refractivity contribution >= 4 is 5.97 Å². The van der Waals surface area contributed by atoms with Gasteiger partial charge in [0.05, 0.1) is 13.7 Å². The second-order valence-electron chi connectivity index (χ2n) is 2.81. The average molecular weight is 197 g/mol. The van der Waals surface area contributed by atoms with Gasteiger partial charge < -0.3 is 10.1 Å².